The van der Waals surface area contributed by atoms with Crippen molar-refractivity contribution in [3.63, 3.8) is 0 Å². The van der Waals surface area contributed by atoms with Crippen LogP contribution in [0.4, 0.5) is 0 Å². The lowest BCUT2D eigenvalue weighted by atomic mass is 10.1. The Labute approximate surface area is 117 Å². The molecule has 3 rings (SSSR count). The van der Waals surface area contributed by atoms with Crippen LogP contribution < -0.4 is 0 Å². The number of aryl methyl sites for hydroxylation is 1. The largest absolute Gasteiger partial charge is 0.280 e. The zero-order valence-electron chi connectivity index (χ0n) is 11.2. The smallest absolute Gasteiger partial charge is 0.273 e. The summed E-state index contributed by atoms with van der Waals surface area (Å²) in [7, 11) is 0. The summed E-state index contributed by atoms with van der Waals surface area (Å²) in [5.74, 6) is -0.539. The van der Waals surface area contributed by atoms with E-state index in [1.165, 1.54) is 16.7 Å². The summed E-state index contributed by atoms with van der Waals surface area (Å²) in [4.78, 5) is 29.5. The van der Waals surface area contributed by atoms with Crippen molar-refractivity contribution in [2.24, 2.45) is 0 Å². The molecule has 2 amide bonds. The molecule has 0 radical (unpaired) electrons. The number of imide groups is 1. The molecule has 0 spiro atoms. The molecular formula is C16H14N2O2. The number of carbonyl (C=O) groups is 2. The molecule has 0 atom stereocenters. The fourth-order valence-corrected chi connectivity index (χ4v) is 2.31. The minimum absolute atomic E-state index is 0.245. The van der Waals surface area contributed by atoms with E-state index in [1.807, 2.05) is 31.2 Å². The molecule has 1 aromatic heterocycles. The van der Waals surface area contributed by atoms with Crippen LogP contribution in [0.25, 0.3) is 0 Å². The number of fused-ring (bicyclic) bond motifs is 1. The first-order valence-electron chi connectivity index (χ1n) is 6.53. The van der Waals surface area contributed by atoms with E-state index in [0.29, 0.717) is 18.5 Å². The van der Waals surface area contributed by atoms with Crippen molar-refractivity contribution < 1.29 is 9.59 Å². The number of hydrogen-bond donors (Lipinski definition) is 0. The van der Waals surface area contributed by atoms with Crippen LogP contribution in [0.3, 0.4) is 0 Å². The molecule has 0 N–H and O–H groups in total. The molecular weight excluding hydrogens is 252 g/mol. The van der Waals surface area contributed by atoms with Gasteiger partial charge in [-0.15, -0.1) is 0 Å². The highest BCUT2D eigenvalue weighted by atomic mass is 16.2. The van der Waals surface area contributed by atoms with Gasteiger partial charge in [-0.05, 0) is 31.0 Å². The molecule has 4 nitrogen and oxygen atoms in total. The molecule has 20 heavy (non-hydrogen) atoms. The Morgan fingerprint density at radius 2 is 1.80 bits per heavy atom. The second-order valence-corrected chi connectivity index (χ2v) is 4.90. The number of nitrogens with zero attached hydrogens (tertiary/aromatic N) is 2. The summed E-state index contributed by atoms with van der Waals surface area (Å²) in [6.07, 6.45) is 2.19. The Morgan fingerprint density at radius 3 is 2.50 bits per heavy atom. The van der Waals surface area contributed by atoms with E-state index < -0.39 is 0 Å². The van der Waals surface area contributed by atoms with Gasteiger partial charge in [-0.3, -0.25) is 19.5 Å². The highest BCUT2D eigenvalue weighted by molar-refractivity contribution is 6.20. The molecule has 2 heterocycles. The van der Waals surface area contributed by atoms with Crippen molar-refractivity contribution >= 4 is 11.8 Å². The third-order valence-electron chi connectivity index (χ3n) is 3.48. The molecule has 0 aliphatic carbocycles. The zero-order valence-corrected chi connectivity index (χ0v) is 11.2. The first-order chi connectivity index (χ1) is 9.66. The Kier molecular flexibility index (Phi) is 3.06. The van der Waals surface area contributed by atoms with Gasteiger partial charge in [-0.1, -0.05) is 29.8 Å². The Morgan fingerprint density at radius 1 is 1.05 bits per heavy atom. The number of aromatic nitrogens is 1. The summed E-state index contributed by atoms with van der Waals surface area (Å²) >= 11 is 0. The third kappa shape index (κ3) is 2.09. The van der Waals surface area contributed by atoms with Gasteiger partial charge < -0.3 is 0 Å². The molecule has 0 bridgehead atoms. The van der Waals surface area contributed by atoms with Gasteiger partial charge in [0.25, 0.3) is 11.8 Å². The lowest BCUT2D eigenvalue weighted by Crippen LogP contribution is -2.31. The minimum Gasteiger partial charge on any atom is -0.273 e. The topological polar surface area (TPSA) is 50.3 Å². The minimum atomic E-state index is -0.294. The van der Waals surface area contributed by atoms with E-state index in [-0.39, 0.29) is 17.5 Å². The van der Waals surface area contributed by atoms with E-state index >= 15 is 0 Å². The zero-order chi connectivity index (χ0) is 14.1. The van der Waals surface area contributed by atoms with Crippen LogP contribution in [0.15, 0.2) is 42.6 Å². The third-order valence-corrected chi connectivity index (χ3v) is 3.48. The van der Waals surface area contributed by atoms with Gasteiger partial charge in [-0.25, -0.2) is 0 Å². The summed E-state index contributed by atoms with van der Waals surface area (Å²) in [5, 5.41) is 0. The van der Waals surface area contributed by atoms with Crippen molar-refractivity contribution in [3.8, 4) is 0 Å². The van der Waals surface area contributed by atoms with Gasteiger partial charge in [0.05, 0.1) is 5.56 Å². The predicted molar refractivity (Wildman–Crippen MR) is 74.5 cm³/mol. The molecule has 1 aromatic carbocycles. The number of rotatable bonds is 3. The normalized spacial score (nSPS) is 13.8. The van der Waals surface area contributed by atoms with Crippen LogP contribution in [0, 0.1) is 6.92 Å². The van der Waals surface area contributed by atoms with Gasteiger partial charge in [0, 0.05) is 12.7 Å². The van der Waals surface area contributed by atoms with E-state index in [2.05, 4.69) is 4.98 Å². The van der Waals surface area contributed by atoms with Crippen molar-refractivity contribution in [3.05, 3.63) is 65.0 Å². The molecule has 1 aliphatic rings. The lowest BCUT2D eigenvalue weighted by Gasteiger charge is -2.13. The van der Waals surface area contributed by atoms with Gasteiger partial charge in [0.2, 0.25) is 0 Å². The quantitative estimate of drug-likeness (QED) is 0.800. The fourth-order valence-electron chi connectivity index (χ4n) is 2.31. The van der Waals surface area contributed by atoms with Gasteiger partial charge in [0.1, 0.15) is 5.69 Å². The van der Waals surface area contributed by atoms with Crippen LogP contribution in [-0.4, -0.2) is 28.2 Å². The molecule has 100 valence electrons. The number of carbonyl (C=O) groups excluding carboxylic acids is 2. The van der Waals surface area contributed by atoms with Crippen molar-refractivity contribution in [1.82, 2.24) is 9.88 Å². The van der Waals surface area contributed by atoms with Crippen LogP contribution in [0.5, 0.6) is 0 Å². The first-order valence-corrected chi connectivity index (χ1v) is 6.53. The standard InChI is InChI=1S/C16H14N2O2/c1-11-4-6-12(7-5-11)8-10-18-15(19)13-3-2-9-17-14(13)16(18)20/h2-7,9H,8,10H2,1H3. The summed E-state index contributed by atoms with van der Waals surface area (Å²) in [5.41, 5.74) is 2.97. The van der Waals surface area contributed by atoms with Gasteiger partial charge >= 0.3 is 0 Å². The van der Waals surface area contributed by atoms with Crippen molar-refractivity contribution in [2.45, 2.75) is 13.3 Å². The maximum absolute atomic E-state index is 12.1. The molecule has 2 aromatic rings. The SMILES string of the molecule is Cc1ccc(CCN2C(=O)c3cccnc3C2=O)cc1. The summed E-state index contributed by atoms with van der Waals surface area (Å²) < 4.78 is 0. The van der Waals surface area contributed by atoms with Gasteiger partial charge in [-0.2, -0.15) is 0 Å². The highest BCUT2D eigenvalue weighted by Gasteiger charge is 2.35. The van der Waals surface area contributed by atoms with E-state index in [9.17, 15) is 9.59 Å². The predicted octanol–water partition coefficient (Wildman–Crippen LogP) is 2.23. The van der Waals surface area contributed by atoms with E-state index in [0.717, 1.165) is 5.56 Å². The summed E-state index contributed by atoms with van der Waals surface area (Å²) in [6, 6.07) is 11.4. The fraction of sp³-hybridized carbons (Fsp3) is 0.188. The monoisotopic (exact) mass is 266 g/mol. The average Bonchev–Trinajstić information content (AvgIpc) is 2.71. The number of benzene rings is 1. The van der Waals surface area contributed by atoms with Crippen molar-refractivity contribution in [2.75, 3.05) is 6.54 Å². The van der Waals surface area contributed by atoms with E-state index in [1.54, 1.807) is 12.1 Å². The van der Waals surface area contributed by atoms with Crippen LogP contribution in [-0.2, 0) is 6.42 Å². The average molecular weight is 266 g/mol. The summed E-state index contributed by atoms with van der Waals surface area (Å²) in [6.45, 7) is 2.41. The van der Waals surface area contributed by atoms with Gasteiger partial charge in [0.15, 0.2) is 0 Å². The number of pyridine rings is 1. The second kappa shape index (κ2) is 4.89. The number of hydrogen-bond acceptors (Lipinski definition) is 3. The number of amides is 2. The van der Waals surface area contributed by atoms with Crippen LogP contribution >= 0.6 is 0 Å². The highest BCUT2D eigenvalue weighted by Crippen LogP contribution is 2.20. The first kappa shape index (κ1) is 12.5. The Balaban J connectivity index is 1.75. The Hall–Kier alpha value is -2.49. The molecule has 0 saturated heterocycles. The molecule has 4 heteroatoms. The maximum Gasteiger partial charge on any atom is 0.280 e. The van der Waals surface area contributed by atoms with Crippen molar-refractivity contribution in [1.29, 1.82) is 0 Å². The molecule has 0 unspecified atom stereocenters. The Bertz CT molecular complexity index is 642. The lowest BCUT2D eigenvalue weighted by molar-refractivity contribution is 0.0654. The molecule has 0 saturated carbocycles. The second-order valence-electron chi connectivity index (χ2n) is 4.90. The molecule has 0 fully saturated rings. The van der Waals surface area contributed by atoms with E-state index in [4.69, 9.17) is 0 Å². The maximum atomic E-state index is 12.1. The van der Waals surface area contributed by atoms with Crippen LogP contribution in [0.2, 0.25) is 0 Å². The van der Waals surface area contributed by atoms with Crippen LogP contribution in [0.1, 0.15) is 32.0 Å². The molecule has 1 aliphatic heterocycles.